The summed E-state index contributed by atoms with van der Waals surface area (Å²) in [4.78, 5) is 33.8. The molecule has 0 aliphatic rings. The van der Waals surface area contributed by atoms with Gasteiger partial charge in [0.05, 0.1) is 18.2 Å². The molecule has 0 fully saturated rings. The molecule has 0 rings (SSSR count). The molecule has 0 aliphatic heterocycles. The average Bonchev–Trinajstić information content (AvgIpc) is 2.31. The number of ether oxygens (including phenoxy) is 3. The van der Waals surface area contributed by atoms with Crippen molar-refractivity contribution in [2.45, 2.75) is 52.9 Å². The van der Waals surface area contributed by atoms with Crippen LogP contribution < -0.4 is 5.32 Å². The van der Waals surface area contributed by atoms with Crippen LogP contribution in [-0.4, -0.2) is 42.9 Å². The minimum atomic E-state index is -0.693. The monoisotopic (exact) mass is 301 g/mol. The van der Waals surface area contributed by atoms with Crippen LogP contribution in [0.1, 0.15) is 34.6 Å². The number of amides is 1. The summed E-state index contributed by atoms with van der Waals surface area (Å²) in [7, 11) is 0. The summed E-state index contributed by atoms with van der Waals surface area (Å²) >= 11 is 0. The second-order valence-electron chi connectivity index (χ2n) is 4.95. The summed E-state index contributed by atoms with van der Waals surface area (Å²) in [5, 5.41) is 2.50. The third-order valence-electron chi connectivity index (χ3n) is 1.89. The molecule has 0 aromatic heterocycles. The molecule has 0 aromatic rings. The van der Waals surface area contributed by atoms with E-state index in [1.54, 1.807) is 34.6 Å². The van der Waals surface area contributed by atoms with Gasteiger partial charge in [0.1, 0.15) is 6.61 Å². The van der Waals surface area contributed by atoms with E-state index in [0.29, 0.717) is 0 Å². The second kappa shape index (κ2) is 9.79. The van der Waals surface area contributed by atoms with Gasteiger partial charge in [0.25, 0.3) is 0 Å². The minimum absolute atomic E-state index is 0.0321. The van der Waals surface area contributed by atoms with E-state index in [0.717, 1.165) is 12.2 Å². The first-order valence-electron chi connectivity index (χ1n) is 6.73. The van der Waals surface area contributed by atoms with Crippen molar-refractivity contribution in [1.29, 1.82) is 0 Å². The molecule has 21 heavy (non-hydrogen) atoms. The molecule has 0 unspecified atom stereocenters. The Bertz CT molecular complexity index is 389. The summed E-state index contributed by atoms with van der Waals surface area (Å²) < 4.78 is 14.5. The van der Waals surface area contributed by atoms with Crippen LogP contribution in [0.2, 0.25) is 0 Å². The molecule has 0 radical (unpaired) electrons. The van der Waals surface area contributed by atoms with Gasteiger partial charge in [-0.2, -0.15) is 0 Å². The van der Waals surface area contributed by atoms with Gasteiger partial charge in [-0.1, -0.05) is 0 Å². The topological polar surface area (TPSA) is 90.9 Å². The van der Waals surface area contributed by atoms with Crippen LogP contribution in [0.25, 0.3) is 0 Å². The fourth-order valence-electron chi connectivity index (χ4n) is 1.15. The van der Waals surface area contributed by atoms with Gasteiger partial charge in [-0.25, -0.2) is 14.4 Å². The third kappa shape index (κ3) is 11.5. The van der Waals surface area contributed by atoms with Crippen molar-refractivity contribution >= 4 is 18.0 Å². The predicted molar refractivity (Wildman–Crippen MR) is 75.5 cm³/mol. The number of carbonyl (C=O) groups excluding carboxylic acids is 3. The lowest BCUT2D eigenvalue weighted by molar-refractivity contribution is -0.143. The van der Waals surface area contributed by atoms with E-state index in [4.69, 9.17) is 14.2 Å². The van der Waals surface area contributed by atoms with E-state index in [9.17, 15) is 14.4 Å². The molecule has 0 bridgehead atoms. The minimum Gasteiger partial charge on any atom is -0.460 e. The number of carbonyl (C=O) groups is 3. The molecule has 120 valence electrons. The Kier molecular flexibility index (Phi) is 8.84. The van der Waals surface area contributed by atoms with Gasteiger partial charge in [0, 0.05) is 12.2 Å². The van der Waals surface area contributed by atoms with Crippen molar-refractivity contribution in [3.63, 3.8) is 0 Å². The Morgan fingerprint density at radius 2 is 1.43 bits per heavy atom. The van der Waals surface area contributed by atoms with Crippen LogP contribution in [0.15, 0.2) is 12.2 Å². The molecule has 0 spiro atoms. The molecule has 1 N–H and O–H groups in total. The largest absolute Gasteiger partial charge is 0.460 e. The number of nitrogens with one attached hydrogen (secondary N) is 1. The fourth-order valence-corrected chi connectivity index (χ4v) is 1.15. The molecule has 0 saturated heterocycles. The van der Waals surface area contributed by atoms with Crippen molar-refractivity contribution in [1.82, 2.24) is 5.32 Å². The average molecular weight is 301 g/mol. The van der Waals surface area contributed by atoms with E-state index in [2.05, 4.69) is 5.32 Å². The number of esters is 2. The summed E-state index contributed by atoms with van der Waals surface area (Å²) in [6, 6.07) is -0.406. The van der Waals surface area contributed by atoms with E-state index in [1.165, 1.54) is 0 Å². The Balaban J connectivity index is 3.99. The standard InChI is InChI=1S/C14H23NO6/c1-9(2)20-13(17)7-6-12(16)19-8-11(5)15-14(18)21-10(3)4/h6-7,9-11H,8H2,1-5H3,(H,15,18)/b7-6+/t11-/m1/s1. The number of hydrogen-bond acceptors (Lipinski definition) is 6. The van der Waals surface area contributed by atoms with Crippen molar-refractivity contribution in [3.05, 3.63) is 12.2 Å². The number of rotatable bonds is 7. The highest BCUT2D eigenvalue weighted by Crippen LogP contribution is 1.94. The Labute approximate surface area is 124 Å². The van der Waals surface area contributed by atoms with Crippen LogP contribution in [-0.2, 0) is 23.8 Å². The molecular weight excluding hydrogens is 278 g/mol. The first kappa shape index (κ1) is 18.9. The molecular formula is C14H23NO6. The molecule has 0 saturated carbocycles. The maximum Gasteiger partial charge on any atom is 0.407 e. The quantitative estimate of drug-likeness (QED) is 0.436. The molecule has 1 atom stereocenters. The van der Waals surface area contributed by atoms with Gasteiger partial charge in [0.15, 0.2) is 0 Å². The fraction of sp³-hybridized carbons (Fsp3) is 0.643. The summed E-state index contributed by atoms with van der Waals surface area (Å²) in [6.07, 6.45) is 0.908. The summed E-state index contributed by atoms with van der Waals surface area (Å²) in [5.41, 5.74) is 0. The smallest absolute Gasteiger partial charge is 0.407 e. The molecule has 0 heterocycles. The van der Waals surface area contributed by atoms with E-state index >= 15 is 0 Å². The normalized spacial score (nSPS) is 12.3. The SMILES string of the molecule is CC(C)OC(=O)/C=C/C(=O)OC[C@@H](C)NC(=O)OC(C)C. The van der Waals surface area contributed by atoms with Crippen LogP contribution in [0, 0.1) is 0 Å². The second-order valence-corrected chi connectivity index (χ2v) is 4.95. The number of hydrogen-bond donors (Lipinski definition) is 1. The Hall–Kier alpha value is -2.05. The highest BCUT2D eigenvalue weighted by Gasteiger charge is 2.11. The summed E-state index contributed by atoms with van der Waals surface area (Å²) in [6.45, 7) is 8.49. The van der Waals surface area contributed by atoms with Crippen molar-refractivity contribution < 1.29 is 28.6 Å². The van der Waals surface area contributed by atoms with Gasteiger partial charge in [-0.05, 0) is 34.6 Å². The lowest BCUT2D eigenvalue weighted by atomic mass is 10.4. The van der Waals surface area contributed by atoms with E-state index < -0.39 is 24.1 Å². The van der Waals surface area contributed by atoms with Crippen molar-refractivity contribution in [3.8, 4) is 0 Å². The van der Waals surface area contributed by atoms with Gasteiger partial charge in [-0.15, -0.1) is 0 Å². The lowest BCUT2D eigenvalue weighted by Crippen LogP contribution is -2.37. The summed E-state index contributed by atoms with van der Waals surface area (Å²) in [5.74, 6) is -1.31. The van der Waals surface area contributed by atoms with Gasteiger partial charge >= 0.3 is 18.0 Å². The molecule has 7 heteroatoms. The Morgan fingerprint density at radius 1 is 0.905 bits per heavy atom. The highest BCUT2D eigenvalue weighted by atomic mass is 16.6. The maximum atomic E-state index is 11.3. The zero-order valence-electron chi connectivity index (χ0n) is 13.0. The Morgan fingerprint density at radius 3 is 1.95 bits per heavy atom. The molecule has 0 aromatic carbocycles. The van der Waals surface area contributed by atoms with Crippen molar-refractivity contribution in [2.24, 2.45) is 0 Å². The predicted octanol–water partition coefficient (Wildman–Crippen LogP) is 1.56. The molecule has 0 aliphatic carbocycles. The van der Waals surface area contributed by atoms with Gasteiger partial charge in [-0.3, -0.25) is 0 Å². The van der Waals surface area contributed by atoms with E-state index in [1.807, 2.05) is 0 Å². The molecule has 1 amide bonds. The van der Waals surface area contributed by atoms with Crippen LogP contribution in [0.4, 0.5) is 4.79 Å². The number of alkyl carbamates (subject to hydrolysis) is 1. The van der Waals surface area contributed by atoms with Crippen LogP contribution >= 0.6 is 0 Å². The zero-order valence-corrected chi connectivity index (χ0v) is 13.0. The van der Waals surface area contributed by atoms with Crippen LogP contribution in [0.3, 0.4) is 0 Å². The van der Waals surface area contributed by atoms with Gasteiger partial charge in [0.2, 0.25) is 0 Å². The lowest BCUT2D eigenvalue weighted by Gasteiger charge is -2.15. The van der Waals surface area contributed by atoms with Gasteiger partial charge < -0.3 is 19.5 Å². The van der Waals surface area contributed by atoms with Crippen LogP contribution in [0.5, 0.6) is 0 Å². The molecule has 7 nitrogen and oxygen atoms in total. The van der Waals surface area contributed by atoms with Crippen molar-refractivity contribution in [2.75, 3.05) is 6.61 Å². The van der Waals surface area contributed by atoms with E-state index in [-0.39, 0.29) is 18.8 Å². The zero-order chi connectivity index (χ0) is 16.4. The maximum absolute atomic E-state index is 11.3. The first-order valence-corrected chi connectivity index (χ1v) is 6.73. The third-order valence-corrected chi connectivity index (χ3v) is 1.89. The first-order chi connectivity index (χ1) is 9.70. The highest BCUT2D eigenvalue weighted by molar-refractivity contribution is 5.91.